The summed E-state index contributed by atoms with van der Waals surface area (Å²) in [5, 5.41) is 3.08. The molecule has 2 rings (SSSR count). The first-order valence-electron chi connectivity index (χ1n) is 3.51. The molecule has 0 aliphatic rings. The molecule has 2 aromatic rings. The lowest BCUT2D eigenvalue weighted by atomic mass is 10.7. The van der Waals surface area contributed by atoms with Crippen LogP contribution in [0, 0.1) is 0 Å². The van der Waals surface area contributed by atoms with Crippen LogP contribution in [-0.2, 0) is 0 Å². The summed E-state index contributed by atoms with van der Waals surface area (Å²) in [6.45, 7) is 0. The predicted octanol–water partition coefficient (Wildman–Crippen LogP) is 3.39. The van der Waals surface area contributed by atoms with Gasteiger partial charge in [0.2, 0.25) is 5.28 Å². The highest BCUT2D eigenvalue weighted by Gasteiger charge is 2.04. The average molecular weight is 264 g/mol. The van der Waals surface area contributed by atoms with Crippen molar-refractivity contribution in [2.24, 2.45) is 0 Å². The molecule has 0 amide bonds. The van der Waals surface area contributed by atoms with Crippen LogP contribution in [-0.4, -0.2) is 15.0 Å². The van der Waals surface area contributed by atoms with Gasteiger partial charge < -0.3 is 0 Å². The van der Waals surface area contributed by atoms with Crippen LogP contribution >= 0.6 is 46.3 Å². The summed E-state index contributed by atoms with van der Waals surface area (Å²) in [7, 11) is 0. The van der Waals surface area contributed by atoms with Crippen molar-refractivity contribution in [3.8, 4) is 0 Å². The number of aromatic nitrogens is 3. The second kappa shape index (κ2) is 4.44. The van der Waals surface area contributed by atoms with Gasteiger partial charge in [0.05, 0.1) is 0 Å². The first kappa shape index (κ1) is 10.2. The standard InChI is InChI=1S/C7H3Cl2N3S2/c8-4-3-5(12-6(9)11-4)14-7-10-1-2-13-7/h1-3H. The van der Waals surface area contributed by atoms with Crippen LogP contribution in [0.2, 0.25) is 10.4 Å². The Morgan fingerprint density at radius 2 is 2.14 bits per heavy atom. The molecule has 0 saturated heterocycles. The molecule has 72 valence electrons. The number of thiazole rings is 1. The Kier molecular flexibility index (Phi) is 3.22. The Hall–Kier alpha value is -0.360. The predicted molar refractivity (Wildman–Crippen MR) is 58.3 cm³/mol. The number of nitrogens with zero attached hydrogens (tertiary/aromatic N) is 3. The third-order valence-corrected chi connectivity index (χ3v) is 3.41. The fourth-order valence-electron chi connectivity index (χ4n) is 0.773. The van der Waals surface area contributed by atoms with Crippen molar-refractivity contribution < 1.29 is 0 Å². The first-order chi connectivity index (χ1) is 6.74. The van der Waals surface area contributed by atoms with Crippen molar-refractivity contribution in [2.75, 3.05) is 0 Å². The lowest BCUT2D eigenvalue weighted by molar-refractivity contribution is 1.05. The van der Waals surface area contributed by atoms with Gasteiger partial charge in [0, 0.05) is 17.6 Å². The van der Waals surface area contributed by atoms with Crippen LogP contribution in [0.5, 0.6) is 0 Å². The van der Waals surface area contributed by atoms with Gasteiger partial charge in [-0.25, -0.2) is 15.0 Å². The molecule has 0 aliphatic heterocycles. The van der Waals surface area contributed by atoms with Crippen LogP contribution in [0.1, 0.15) is 0 Å². The smallest absolute Gasteiger partial charge is 0.224 e. The molecule has 0 unspecified atom stereocenters. The SMILES string of the molecule is Clc1cc(Sc2nccs2)nc(Cl)n1. The zero-order valence-electron chi connectivity index (χ0n) is 6.65. The molecule has 7 heteroatoms. The van der Waals surface area contributed by atoms with Crippen molar-refractivity contribution >= 4 is 46.3 Å². The largest absolute Gasteiger partial charge is 0.238 e. The third-order valence-electron chi connectivity index (χ3n) is 1.25. The van der Waals surface area contributed by atoms with Gasteiger partial charge in [0.25, 0.3) is 0 Å². The highest BCUT2D eigenvalue weighted by atomic mass is 35.5. The van der Waals surface area contributed by atoms with E-state index in [0.29, 0.717) is 10.2 Å². The van der Waals surface area contributed by atoms with Crippen LogP contribution in [0.4, 0.5) is 0 Å². The van der Waals surface area contributed by atoms with Gasteiger partial charge >= 0.3 is 0 Å². The highest BCUT2D eigenvalue weighted by Crippen LogP contribution is 2.29. The van der Waals surface area contributed by atoms with E-state index in [0.717, 1.165) is 4.34 Å². The quantitative estimate of drug-likeness (QED) is 0.615. The summed E-state index contributed by atoms with van der Waals surface area (Å²) in [4.78, 5) is 11.9. The zero-order valence-corrected chi connectivity index (χ0v) is 9.79. The molecule has 0 saturated carbocycles. The summed E-state index contributed by atoms with van der Waals surface area (Å²) >= 11 is 14.3. The molecular weight excluding hydrogens is 261 g/mol. The second-order valence-electron chi connectivity index (χ2n) is 2.20. The molecule has 0 aliphatic carbocycles. The summed E-state index contributed by atoms with van der Waals surface area (Å²) in [6, 6.07) is 1.65. The molecule has 3 nitrogen and oxygen atoms in total. The van der Waals surface area contributed by atoms with Gasteiger partial charge in [-0.2, -0.15) is 0 Å². The van der Waals surface area contributed by atoms with E-state index in [1.165, 1.54) is 23.1 Å². The maximum absolute atomic E-state index is 5.72. The molecule has 0 fully saturated rings. The highest BCUT2D eigenvalue weighted by molar-refractivity contribution is 8.01. The Bertz CT molecular complexity index is 412. The normalized spacial score (nSPS) is 10.4. The van der Waals surface area contributed by atoms with E-state index >= 15 is 0 Å². The van der Waals surface area contributed by atoms with E-state index in [-0.39, 0.29) is 5.28 Å². The Balaban J connectivity index is 2.25. The molecule has 0 aromatic carbocycles. The summed E-state index contributed by atoms with van der Waals surface area (Å²) in [5.41, 5.74) is 0. The molecule has 14 heavy (non-hydrogen) atoms. The molecule has 2 heterocycles. The maximum atomic E-state index is 5.72. The lowest BCUT2D eigenvalue weighted by Gasteiger charge is -1.97. The fourth-order valence-corrected chi connectivity index (χ4v) is 2.87. The van der Waals surface area contributed by atoms with Crippen molar-refractivity contribution in [1.29, 1.82) is 0 Å². The molecule has 0 spiro atoms. The van der Waals surface area contributed by atoms with Gasteiger partial charge in [0.1, 0.15) is 10.2 Å². The van der Waals surface area contributed by atoms with E-state index in [1.807, 2.05) is 5.38 Å². The fraction of sp³-hybridized carbons (Fsp3) is 0. The number of hydrogen-bond acceptors (Lipinski definition) is 5. The second-order valence-corrected chi connectivity index (χ2v) is 5.09. The number of rotatable bonds is 2. The lowest BCUT2D eigenvalue weighted by Crippen LogP contribution is -1.85. The monoisotopic (exact) mass is 263 g/mol. The molecule has 2 aromatic heterocycles. The third kappa shape index (κ3) is 2.57. The maximum Gasteiger partial charge on any atom is 0.224 e. The van der Waals surface area contributed by atoms with E-state index < -0.39 is 0 Å². The van der Waals surface area contributed by atoms with Crippen LogP contribution in [0.3, 0.4) is 0 Å². The van der Waals surface area contributed by atoms with Gasteiger partial charge in [0.15, 0.2) is 4.34 Å². The Morgan fingerprint density at radius 3 is 2.79 bits per heavy atom. The summed E-state index contributed by atoms with van der Waals surface area (Å²) in [6.07, 6.45) is 1.73. The van der Waals surface area contributed by atoms with E-state index in [2.05, 4.69) is 15.0 Å². The molecular formula is C7H3Cl2N3S2. The van der Waals surface area contributed by atoms with Gasteiger partial charge in [-0.3, -0.25) is 0 Å². The van der Waals surface area contributed by atoms with Gasteiger partial charge in [-0.05, 0) is 23.4 Å². The molecule has 0 bridgehead atoms. The molecule has 0 radical (unpaired) electrons. The number of halogens is 2. The zero-order chi connectivity index (χ0) is 9.97. The van der Waals surface area contributed by atoms with Crippen LogP contribution < -0.4 is 0 Å². The van der Waals surface area contributed by atoms with E-state index in [9.17, 15) is 0 Å². The van der Waals surface area contributed by atoms with Crippen LogP contribution in [0.15, 0.2) is 27.0 Å². The van der Waals surface area contributed by atoms with E-state index in [1.54, 1.807) is 12.3 Å². The van der Waals surface area contributed by atoms with Crippen molar-refractivity contribution in [2.45, 2.75) is 9.37 Å². The van der Waals surface area contributed by atoms with Gasteiger partial charge in [-0.1, -0.05) is 11.6 Å². The number of hydrogen-bond donors (Lipinski definition) is 0. The van der Waals surface area contributed by atoms with E-state index in [4.69, 9.17) is 23.2 Å². The average Bonchev–Trinajstić information content (AvgIpc) is 2.54. The van der Waals surface area contributed by atoms with Gasteiger partial charge in [-0.15, -0.1) is 11.3 Å². The first-order valence-corrected chi connectivity index (χ1v) is 5.97. The summed E-state index contributed by atoms with van der Waals surface area (Å²) < 4.78 is 0.899. The minimum Gasteiger partial charge on any atom is -0.238 e. The minimum atomic E-state index is 0.150. The van der Waals surface area contributed by atoms with Crippen LogP contribution in [0.25, 0.3) is 0 Å². The molecule has 0 atom stereocenters. The topological polar surface area (TPSA) is 38.7 Å². The minimum absolute atomic E-state index is 0.150. The Labute approximate surface area is 98.5 Å². The van der Waals surface area contributed by atoms with Crippen molar-refractivity contribution in [1.82, 2.24) is 15.0 Å². The Morgan fingerprint density at radius 1 is 1.29 bits per heavy atom. The van der Waals surface area contributed by atoms with Crippen molar-refractivity contribution in [3.05, 3.63) is 28.1 Å². The molecule has 0 N–H and O–H groups in total. The van der Waals surface area contributed by atoms with Crippen molar-refractivity contribution in [3.63, 3.8) is 0 Å². The summed E-state index contributed by atoms with van der Waals surface area (Å²) in [5.74, 6) is 0.